The highest BCUT2D eigenvalue weighted by atomic mass is 16.6. The summed E-state index contributed by atoms with van der Waals surface area (Å²) in [5.41, 5.74) is 1.33. The molecule has 2 heterocycles. The van der Waals surface area contributed by atoms with E-state index in [9.17, 15) is 4.79 Å². The highest BCUT2D eigenvalue weighted by Crippen LogP contribution is 2.37. The van der Waals surface area contributed by atoms with Crippen LogP contribution in [-0.2, 0) is 9.47 Å². The molecule has 4 nitrogen and oxygen atoms in total. The molecule has 74 valence electrons. The van der Waals surface area contributed by atoms with E-state index in [0.717, 1.165) is 5.56 Å². The second-order valence-electron chi connectivity index (χ2n) is 3.23. The lowest BCUT2D eigenvalue weighted by Crippen LogP contribution is -2.04. The Morgan fingerprint density at radius 2 is 2.29 bits per heavy atom. The molecule has 0 aromatic carbocycles. The van der Waals surface area contributed by atoms with Crippen LogP contribution in [0.25, 0.3) is 0 Å². The number of carbonyl (C=O) groups is 1. The average molecular weight is 193 g/mol. The average Bonchev–Trinajstić information content (AvgIpc) is 2.95. The van der Waals surface area contributed by atoms with Crippen molar-refractivity contribution in [1.29, 1.82) is 0 Å². The van der Waals surface area contributed by atoms with E-state index in [-0.39, 0.29) is 12.2 Å². The van der Waals surface area contributed by atoms with Gasteiger partial charge in [-0.2, -0.15) is 0 Å². The minimum atomic E-state index is -0.415. The zero-order valence-electron chi connectivity index (χ0n) is 8.06. The van der Waals surface area contributed by atoms with Gasteiger partial charge in [0.1, 0.15) is 11.8 Å². The molecule has 1 fully saturated rings. The number of hydrogen-bond donors (Lipinski definition) is 0. The van der Waals surface area contributed by atoms with Crippen LogP contribution >= 0.6 is 0 Å². The molecule has 0 spiro atoms. The topological polar surface area (TPSA) is 51.7 Å². The summed E-state index contributed by atoms with van der Waals surface area (Å²) in [7, 11) is 1.34. The molecule has 1 aromatic heterocycles. The molecule has 0 N–H and O–H groups in total. The maximum absolute atomic E-state index is 11.1. The van der Waals surface area contributed by atoms with Gasteiger partial charge in [-0.15, -0.1) is 0 Å². The maximum atomic E-state index is 11.1. The van der Waals surface area contributed by atoms with Crippen molar-refractivity contribution in [3.05, 3.63) is 29.6 Å². The van der Waals surface area contributed by atoms with E-state index >= 15 is 0 Å². The van der Waals surface area contributed by atoms with Gasteiger partial charge in [-0.1, -0.05) is 6.07 Å². The predicted molar refractivity (Wildman–Crippen MR) is 48.9 cm³/mol. The second-order valence-corrected chi connectivity index (χ2v) is 3.23. The number of hydrogen-bond acceptors (Lipinski definition) is 4. The smallest absolute Gasteiger partial charge is 0.356 e. The Kier molecular flexibility index (Phi) is 2.21. The number of rotatable bonds is 2. The summed E-state index contributed by atoms with van der Waals surface area (Å²) in [6.07, 6.45) is 2.07. The Hall–Kier alpha value is -1.42. The van der Waals surface area contributed by atoms with Crippen LogP contribution < -0.4 is 0 Å². The van der Waals surface area contributed by atoms with Crippen molar-refractivity contribution in [2.24, 2.45) is 0 Å². The number of nitrogens with zero attached hydrogens (tertiary/aromatic N) is 1. The quantitative estimate of drug-likeness (QED) is 0.525. The molecule has 0 radical (unpaired) electrons. The van der Waals surface area contributed by atoms with E-state index in [0.29, 0.717) is 5.69 Å². The van der Waals surface area contributed by atoms with E-state index in [1.807, 2.05) is 13.0 Å². The molecule has 0 amide bonds. The van der Waals surface area contributed by atoms with Gasteiger partial charge in [-0.3, -0.25) is 0 Å². The Balaban J connectivity index is 2.14. The fraction of sp³-hybridized carbons (Fsp3) is 0.400. The Bertz CT molecular complexity index is 347. The standard InChI is InChI=1S/C10H11NO3/c1-6-9(14-6)7-3-4-8(11-5-7)10(12)13-2/h3-6,9H,1-2H3/t6-,9+/m1/s1. The fourth-order valence-corrected chi connectivity index (χ4v) is 1.33. The minimum Gasteiger partial charge on any atom is -0.464 e. The van der Waals surface area contributed by atoms with Crippen LogP contribution in [0.15, 0.2) is 18.3 Å². The highest BCUT2D eigenvalue weighted by molar-refractivity contribution is 5.86. The molecule has 0 unspecified atom stereocenters. The first-order chi connectivity index (χ1) is 6.72. The molecule has 0 bridgehead atoms. The summed E-state index contributed by atoms with van der Waals surface area (Å²) in [5.74, 6) is -0.415. The summed E-state index contributed by atoms with van der Waals surface area (Å²) in [6.45, 7) is 2.00. The molecule has 1 aromatic rings. The van der Waals surface area contributed by atoms with Gasteiger partial charge in [-0.05, 0) is 13.0 Å². The third-order valence-electron chi connectivity index (χ3n) is 2.22. The zero-order chi connectivity index (χ0) is 10.1. The zero-order valence-corrected chi connectivity index (χ0v) is 8.06. The van der Waals surface area contributed by atoms with E-state index in [4.69, 9.17) is 4.74 Å². The molecular formula is C10H11NO3. The van der Waals surface area contributed by atoms with E-state index < -0.39 is 5.97 Å². The molecule has 2 rings (SSSR count). The SMILES string of the molecule is COC(=O)c1ccc([C@H]2O[C@@H]2C)cn1. The summed E-state index contributed by atoms with van der Waals surface area (Å²) in [4.78, 5) is 15.0. The fourth-order valence-electron chi connectivity index (χ4n) is 1.33. The lowest BCUT2D eigenvalue weighted by Gasteiger charge is -1.98. The third-order valence-corrected chi connectivity index (χ3v) is 2.22. The number of methoxy groups -OCH3 is 1. The van der Waals surface area contributed by atoms with Crippen molar-refractivity contribution in [3.63, 3.8) is 0 Å². The molecule has 1 aliphatic heterocycles. The van der Waals surface area contributed by atoms with E-state index in [1.165, 1.54) is 7.11 Å². The van der Waals surface area contributed by atoms with Gasteiger partial charge in [0.05, 0.1) is 13.2 Å². The van der Waals surface area contributed by atoms with E-state index in [2.05, 4.69) is 9.72 Å². The van der Waals surface area contributed by atoms with Crippen LogP contribution in [0.5, 0.6) is 0 Å². The van der Waals surface area contributed by atoms with Gasteiger partial charge in [-0.25, -0.2) is 9.78 Å². The molecular weight excluding hydrogens is 182 g/mol. The second kappa shape index (κ2) is 3.38. The summed E-state index contributed by atoms with van der Waals surface area (Å²) >= 11 is 0. The van der Waals surface area contributed by atoms with Crippen LogP contribution in [0.3, 0.4) is 0 Å². The van der Waals surface area contributed by atoms with Gasteiger partial charge in [0.25, 0.3) is 0 Å². The molecule has 0 saturated carbocycles. The number of epoxide rings is 1. The molecule has 2 atom stereocenters. The largest absolute Gasteiger partial charge is 0.464 e. The Labute approximate surface area is 81.9 Å². The van der Waals surface area contributed by atoms with Crippen LogP contribution in [-0.4, -0.2) is 24.2 Å². The summed E-state index contributed by atoms with van der Waals surface area (Å²) in [5, 5.41) is 0. The molecule has 4 heteroatoms. The third kappa shape index (κ3) is 1.61. The van der Waals surface area contributed by atoms with Crippen LogP contribution in [0.2, 0.25) is 0 Å². The molecule has 14 heavy (non-hydrogen) atoms. The number of aromatic nitrogens is 1. The summed E-state index contributed by atoms with van der Waals surface area (Å²) in [6, 6.07) is 3.49. The van der Waals surface area contributed by atoms with Crippen molar-refractivity contribution < 1.29 is 14.3 Å². The Morgan fingerprint density at radius 1 is 1.57 bits per heavy atom. The van der Waals surface area contributed by atoms with E-state index in [1.54, 1.807) is 12.3 Å². The molecule has 0 aliphatic carbocycles. The number of pyridine rings is 1. The maximum Gasteiger partial charge on any atom is 0.356 e. The molecule has 1 aliphatic rings. The van der Waals surface area contributed by atoms with Crippen molar-refractivity contribution in [3.8, 4) is 0 Å². The van der Waals surface area contributed by atoms with Crippen LogP contribution in [0, 0.1) is 0 Å². The number of esters is 1. The van der Waals surface area contributed by atoms with Gasteiger partial charge >= 0.3 is 5.97 Å². The van der Waals surface area contributed by atoms with Gasteiger partial charge in [0, 0.05) is 11.8 Å². The van der Waals surface area contributed by atoms with Crippen LogP contribution in [0.1, 0.15) is 29.1 Å². The van der Waals surface area contributed by atoms with Gasteiger partial charge < -0.3 is 9.47 Å². The monoisotopic (exact) mass is 193 g/mol. The first-order valence-corrected chi connectivity index (χ1v) is 4.42. The predicted octanol–water partition coefficient (Wildman–Crippen LogP) is 1.33. The van der Waals surface area contributed by atoms with Crippen molar-refractivity contribution in [2.75, 3.05) is 7.11 Å². The lowest BCUT2D eigenvalue weighted by atomic mass is 10.1. The summed E-state index contributed by atoms with van der Waals surface area (Å²) < 4.78 is 9.81. The van der Waals surface area contributed by atoms with Crippen molar-refractivity contribution >= 4 is 5.97 Å². The van der Waals surface area contributed by atoms with Crippen molar-refractivity contribution in [2.45, 2.75) is 19.1 Å². The normalized spacial score (nSPS) is 24.4. The number of ether oxygens (including phenoxy) is 2. The van der Waals surface area contributed by atoms with Gasteiger partial charge in [0.15, 0.2) is 0 Å². The first kappa shape index (κ1) is 9.15. The van der Waals surface area contributed by atoms with Crippen molar-refractivity contribution in [1.82, 2.24) is 4.98 Å². The molecule has 1 saturated heterocycles. The highest BCUT2D eigenvalue weighted by Gasteiger charge is 2.35. The minimum absolute atomic E-state index is 0.147. The number of carbonyl (C=O) groups excluding carboxylic acids is 1. The lowest BCUT2D eigenvalue weighted by molar-refractivity contribution is 0.0594. The first-order valence-electron chi connectivity index (χ1n) is 4.42. The Morgan fingerprint density at radius 3 is 2.71 bits per heavy atom. The van der Waals surface area contributed by atoms with Gasteiger partial charge in [0.2, 0.25) is 0 Å². The van der Waals surface area contributed by atoms with Crippen LogP contribution in [0.4, 0.5) is 0 Å².